The molecule has 0 saturated heterocycles. The van der Waals surface area contributed by atoms with E-state index in [9.17, 15) is 0 Å². The minimum absolute atomic E-state index is 0.610. The molecule has 2 N–H and O–H groups in total. The van der Waals surface area contributed by atoms with Gasteiger partial charge in [0.15, 0.2) is 0 Å². The van der Waals surface area contributed by atoms with E-state index in [1.54, 1.807) is 5.01 Å². The molecular weight excluding hydrogens is 192 g/mol. The van der Waals surface area contributed by atoms with Crippen LogP contribution in [0.5, 0.6) is 0 Å². The van der Waals surface area contributed by atoms with Crippen molar-refractivity contribution >= 4 is 11.8 Å². The summed E-state index contributed by atoms with van der Waals surface area (Å²) in [5.41, 5.74) is 1.30. The third-order valence-electron chi connectivity index (χ3n) is 1.76. The van der Waals surface area contributed by atoms with Crippen LogP contribution in [0.3, 0.4) is 0 Å². The lowest BCUT2D eigenvalue weighted by molar-refractivity contribution is 0.339. The molecule has 2 nitrogen and oxygen atoms in total. The van der Waals surface area contributed by atoms with E-state index in [1.165, 1.54) is 10.5 Å². The minimum Gasteiger partial charge on any atom is -0.269 e. The third kappa shape index (κ3) is 3.70. The molecule has 0 saturated carbocycles. The first kappa shape index (κ1) is 11.6. The van der Waals surface area contributed by atoms with Crippen molar-refractivity contribution in [2.75, 3.05) is 7.05 Å². The zero-order valence-electron chi connectivity index (χ0n) is 9.03. The molecule has 0 unspecified atom stereocenters. The van der Waals surface area contributed by atoms with Crippen LogP contribution in [-0.4, -0.2) is 17.3 Å². The lowest BCUT2D eigenvalue weighted by Crippen LogP contribution is -2.25. The van der Waals surface area contributed by atoms with E-state index in [1.807, 2.05) is 18.8 Å². The average molecular weight is 210 g/mol. The van der Waals surface area contributed by atoms with Gasteiger partial charge < -0.3 is 0 Å². The molecular formula is C11H18N2S. The second kappa shape index (κ2) is 5.39. The van der Waals surface area contributed by atoms with Gasteiger partial charge in [0, 0.05) is 23.7 Å². The fourth-order valence-electron chi connectivity index (χ4n) is 1.27. The maximum Gasteiger partial charge on any atom is 0.0387 e. The molecule has 1 aromatic carbocycles. The van der Waals surface area contributed by atoms with Crippen LogP contribution in [0.25, 0.3) is 0 Å². The van der Waals surface area contributed by atoms with E-state index in [-0.39, 0.29) is 0 Å². The van der Waals surface area contributed by atoms with Crippen LogP contribution in [0.15, 0.2) is 29.2 Å². The molecule has 1 aromatic rings. The van der Waals surface area contributed by atoms with Crippen LogP contribution >= 0.6 is 11.8 Å². The van der Waals surface area contributed by atoms with Crippen molar-refractivity contribution in [1.82, 2.24) is 5.01 Å². The highest BCUT2D eigenvalue weighted by Gasteiger charge is 2.05. The van der Waals surface area contributed by atoms with Crippen molar-refractivity contribution in [3.63, 3.8) is 0 Å². The van der Waals surface area contributed by atoms with Crippen molar-refractivity contribution in [3.8, 4) is 0 Å². The fraction of sp³-hybridized carbons (Fsp3) is 0.455. The molecule has 0 bridgehead atoms. The van der Waals surface area contributed by atoms with Crippen molar-refractivity contribution < 1.29 is 0 Å². The Bertz CT molecular complexity index is 255. The van der Waals surface area contributed by atoms with Gasteiger partial charge in [-0.25, -0.2) is 5.01 Å². The SMILES string of the molecule is CC(C)Sc1ccccc1CN(C)N. The van der Waals surface area contributed by atoms with E-state index < -0.39 is 0 Å². The maximum atomic E-state index is 5.65. The second-order valence-corrected chi connectivity index (χ2v) is 5.31. The van der Waals surface area contributed by atoms with Gasteiger partial charge in [0.2, 0.25) is 0 Å². The molecule has 3 heteroatoms. The number of nitrogens with zero attached hydrogens (tertiary/aromatic N) is 1. The van der Waals surface area contributed by atoms with Gasteiger partial charge in [-0.15, -0.1) is 11.8 Å². The van der Waals surface area contributed by atoms with Crippen LogP contribution in [0.2, 0.25) is 0 Å². The molecule has 0 aliphatic heterocycles. The van der Waals surface area contributed by atoms with Gasteiger partial charge in [-0.3, -0.25) is 5.84 Å². The molecule has 0 spiro atoms. The Kier molecular flexibility index (Phi) is 4.45. The van der Waals surface area contributed by atoms with Gasteiger partial charge >= 0.3 is 0 Å². The Balaban J connectivity index is 2.80. The predicted molar refractivity (Wildman–Crippen MR) is 63.1 cm³/mol. The lowest BCUT2D eigenvalue weighted by Gasteiger charge is -2.14. The maximum absolute atomic E-state index is 5.65. The summed E-state index contributed by atoms with van der Waals surface area (Å²) in [7, 11) is 1.89. The second-order valence-electron chi connectivity index (χ2n) is 3.69. The first-order valence-corrected chi connectivity index (χ1v) is 5.68. The Hall–Kier alpha value is -0.510. The molecule has 0 amide bonds. The summed E-state index contributed by atoms with van der Waals surface area (Å²) >= 11 is 1.88. The summed E-state index contributed by atoms with van der Waals surface area (Å²) in [6.45, 7) is 5.21. The van der Waals surface area contributed by atoms with Crippen LogP contribution in [0.4, 0.5) is 0 Å². The Morgan fingerprint density at radius 1 is 1.36 bits per heavy atom. The average Bonchev–Trinajstić information content (AvgIpc) is 2.06. The number of thioether (sulfide) groups is 1. The Morgan fingerprint density at radius 2 is 2.00 bits per heavy atom. The topological polar surface area (TPSA) is 29.3 Å². The van der Waals surface area contributed by atoms with Gasteiger partial charge in [-0.1, -0.05) is 32.0 Å². The highest BCUT2D eigenvalue weighted by Crippen LogP contribution is 2.26. The number of rotatable bonds is 4. The van der Waals surface area contributed by atoms with E-state index >= 15 is 0 Å². The van der Waals surface area contributed by atoms with Gasteiger partial charge in [0.05, 0.1) is 0 Å². The monoisotopic (exact) mass is 210 g/mol. The van der Waals surface area contributed by atoms with Gasteiger partial charge in [0.1, 0.15) is 0 Å². The highest BCUT2D eigenvalue weighted by molar-refractivity contribution is 8.00. The number of nitrogens with two attached hydrogens (primary N) is 1. The molecule has 0 aromatic heterocycles. The summed E-state index contributed by atoms with van der Waals surface area (Å²) in [4.78, 5) is 1.33. The lowest BCUT2D eigenvalue weighted by atomic mass is 10.2. The zero-order chi connectivity index (χ0) is 10.6. The van der Waals surface area contributed by atoms with Crippen LogP contribution in [-0.2, 0) is 6.54 Å². The number of hydrogen-bond donors (Lipinski definition) is 1. The van der Waals surface area contributed by atoms with Crippen molar-refractivity contribution in [3.05, 3.63) is 29.8 Å². The summed E-state index contributed by atoms with van der Waals surface area (Å²) in [6.07, 6.45) is 0. The molecule has 0 radical (unpaired) electrons. The molecule has 78 valence electrons. The van der Waals surface area contributed by atoms with Gasteiger partial charge in [-0.05, 0) is 11.6 Å². The van der Waals surface area contributed by atoms with Crippen LogP contribution in [0.1, 0.15) is 19.4 Å². The van der Waals surface area contributed by atoms with E-state index in [4.69, 9.17) is 5.84 Å². The first-order valence-electron chi connectivity index (χ1n) is 4.80. The summed E-state index contributed by atoms with van der Waals surface area (Å²) in [5, 5.41) is 2.32. The third-order valence-corrected chi connectivity index (χ3v) is 2.88. The van der Waals surface area contributed by atoms with Gasteiger partial charge in [-0.2, -0.15) is 0 Å². The molecule has 0 aliphatic carbocycles. The molecule has 14 heavy (non-hydrogen) atoms. The molecule has 0 atom stereocenters. The van der Waals surface area contributed by atoms with Crippen LogP contribution < -0.4 is 5.84 Å². The Labute approximate surface area is 90.4 Å². The molecule has 0 fully saturated rings. The van der Waals surface area contributed by atoms with E-state index in [0.717, 1.165) is 6.54 Å². The van der Waals surface area contributed by atoms with Gasteiger partial charge in [0.25, 0.3) is 0 Å². The number of benzene rings is 1. The summed E-state index contributed by atoms with van der Waals surface area (Å²) < 4.78 is 0. The molecule has 0 heterocycles. The Morgan fingerprint density at radius 3 is 2.57 bits per heavy atom. The normalized spacial score (nSPS) is 11.3. The number of hydrogen-bond acceptors (Lipinski definition) is 3. The van der Waals surface area contributed by atoms with E-state index in [2.05, 4.69) is 38.1 Å². The molecule has 0 aliphatic rings. The first-order chi connectivity index (χ1) is 6.59. The standard InChI is InChI=1S/C11H18N2S/c1-9(2)14-11-7-5-4-6-10(11)8-13(3)12/h4-7,9H,8,12H2,1-3H3. The summed E-state index contributed by atoms with van der Waals surface area (Å²) in [5.74, 6) is 5.65. The van der Waals surface area contributed by atoms with Crippen molar-refractivity contribution in [1.29, 1.82) is 0 Å². The predicted octanol–water partition coefficient (Wildman–Crippen LogP) is 2.49. The fourth-order valence-corrected chi connectivity index (χ4v) is 2.22. The summed E-state index contributed by atoms with van der Waals surface area (Å²) in [6, 6.07) is 8.42. The van der Waals surface area contributed by atoms with Crippen molar-refractivity contribution in [2.24, 2.45) is 5.84 Å². The van der Waals surface area contributed by atoms with Crippen molar-refractivity contribution in [2.45, 2.75) is 30.5 Å². The molecule has 1 rings (SSSR count). The van der Waals surface area contributed by atoms with E-state index in [0.29, 0.717) is 5.25 Å². The number of hydrazine groups is 1. The minimum atomic E-state index is 0.610. The zero-order valence-corrected chi connectivity index (χ0v) is 9.84. The van der Waals surface area contributed by atoms with Crippen LogP contribution in [0, 0.1) is 0 Å². The smallest absolute Gasteiger partial charge is 0.0387 e. The quantitative estimate of drug-likeness (QED) is 0.470. The largest absolute Gasteiger partial charge is 0.269 e. The highest BCUT2D eigenvalue weighted by atomic mass is 32.2.